The molecule has 0 heterocycles. The molecule has 0 radical (unpaired) electrons. The van der Waals surface area contributed by atoms with Crippen molar-refractivity contribution in [3.8, 4) is 0 Å². The zero-order valence-corrected chi connectivity index (χ0v) is 11.6. The van der Waals surface area contributed by atoms with Gasteiger partial charge in [-0.1, -0.05) is 34.1 Å². The minimum Gasteiger partial charge on any atom is -0.359 e. The molecule has 2 N–H and O–H groups in total. The maximum Gasteiger partial charge on any atom is 0.187 e. The lowest BCUT2D eigenvalue weighted by atomic mass is 10.2. The third-order valence-corrected chi connectivity index (χ3v) is 2.63. The Morgan fingerprint density at radius 3 is 2.75 bits per heavy atom. The van der Waals surface area contributed by atoms with Crippen molar-refractivity contribution < 1.29 is 0 Å². The minimum atomic E-state index is 0.304. The van der Waals surface area contributed by atoms with Crippen molar-refractivity contribution in [1.82, 2.24) is 10.7 Å². The fourth-order valence-corrected chi connectivity index (χ4v) is 1.71. The van der Waals surface area contributed by atoms with E-state index in [2.05, 4.69) is 31.8 Å². The van der Waals surface area contributed by atoms with Crippen LogP contribution in [0.15, 0.2) is 33.8 Å². The van der Waals surface area contributed by atoms with Gasteiger partial charge in [0.25, 0.3) is 0 Å². The van der Waals surface area contributed by atoms with Gasteiger partial charge < -0.3 is 5.32 Å². The Balaban J connectivity index is 2.49. The molecule has 1 rings (SSSR count). The van der Waals surface area contributed by atoms with Crippen molar-refractivity contribution in [3.05, 3.63) is 34.3 Å². The Kier molecular flexibility index (Phi) is 5.42. The molecule has 0 amide bonds. The largest absolute Gasteiger partial charge is 0.359 e. The van der Waals surface area contributed by atoms with E-state index in [0.29, 0.717) is 11.2 Å². The zero-order valence-electron chi connectivity index (χ0n) is 9.20. The highest BCUT2D eigenvalue weighted by molar-refractivity contribution is 9.10. The van der Waals surface area contributed by atoms with E-state index in [1.807, 2.05) is 38.1 Å². The number of hydrogen-bond acceptors (Lipinski definition) is 2. The number of nitrogens with zero attached hydrogens (tertiary/aromatic N) is 1. The molecule has 0 saturated heterocycles. The van der Waals surface area contributed by atoms with Crippen LogP contribution in [-0.4, -0.2) is 17.4 Å². The number of hydrazone groups is 1. The molecule has 3 nitrogen and oxygen atoms in total. The summed E-state index contributed by atoms with van der Waals surface area (Å²) in [7, 11) is 0. The standard InChI is InChI=1S/C11H14BrN3S/c1-8(2)14-11(16)15-13-7-9-5-3-4-6-10(9)12/h3-8H,1-2H3,(H2,14,15,16). The molecule has 1 aromatic carbocycles. The number of rotatable bonds is 3. The van der Waals surface area contributed by atoms with Crippen molar-refractivity contribution in [2.45, 2.75) is 19.9 Å². The van der Waals surface area contributed by atoms with Gasteiger partial charge >= 0.3 is 0 Å². The fourth-order valence-electron chi connectivity index (χ4n) is 1.03. The lowest BCUT2D eigenvalue weighted by Gasteiger charge is -2.09. The monoisotopic (exact) mass is 299 g/mol. The number of halogens is 1. The van der Waals surface area contributed by atoms with Crippen LogP contribution in [0.3, 0.4) is 0 Å². The van der Waals surface area contributed by atoms with E-state index in [4.69, 9.17) is 12.2 Å². The Morgan fingerprint density at radius 2 is 2.12 bits per heavy atom. The van der Waals surface area contributed by atoms with Gasteiger partial charge in [0, 0.05) is 16.1 Å². The normalized spacial score (nSPS) is 10.8. The summed E-state index contributed by atoms with van der Waals surface area (Å²) < 4.78 is 1.00. The van der Waals surface area contributed by atoms with E-state index in [-0.39, 0.29) is 0 Å². The summed E-state index contributed by atoms with van der Waals surface area (Å²) >= 11 is 8.47. The van der Waals surface area contributed by atoms with E-state index in [1.54, 1.807) is 6.21 Å². The van der Waals surface area contributed by atoms with E-state index in [0.717, 1.165) is 10.0 Å². The second kappa shape index (κ2) is 6.60. The Hall–Kier alpha value is -0.940. The molecule has 0 bridgehead atoms. The maximum atomic E-state index is 5.03. The van der Waals surface area contributed by atoms with Crippen molar-refractivity contribution >= 4 is 39.5 Å². The lowest BCUT2D eigenvalue weighted by Crippen LogP contribution is -2.36. The molecule has 0 aliphatic carbocycles. The quantitative estimate of drug-likeness (QED) is 0.512. The summed E-state index contributed by atoms with van der Waals surface area (Å²) in [5.74, 6) is 0. The van der Waals surface area contributed by atoms with Crippen LogP contribution in [-0.2, 0) is 0 Å². The summed E-state index contributed by atoms with van der Waals surface area (Å²) in [6.07, 6.45) is 1.72. The van der Waals surface area contributed by atoms with Crippen LogP contribution in [0.4, 0.5) is 0 Å². The minimum absolute atomic E-state index is 0.304. The molecular weight excluding hydrogens is 286 g/mol. The molecule has 0 spiro atoms. The molecule has 0 aromatic heterocycles. The SMILES string of the molecule is CC(C)NC(=S)NN=Cc1ccccc1Br. The first-order chi connectivity index (χ1) is 7.59. The van der Waals surface area contributed by atoms with Crippen LogP contribution in [0.5, 0.6) is 0 Å². The molecule has 0 saturated carbocycles. The zero-order chi connectivity index (χ0) is 12.0. The molecule has 0 atom stereocenters. The summed E-state index contributed by atoms with van der Waals surface area (Å²) in [5.41, 5.74) is 3.76. The second-order valence-electron chi connectivity index (χ2n) is 3.52. The highest BCUT2D eigenvalue weighted by Gasteiger charge is 1.96. The van der Waals surface area contributed by atoms with Gasteiger partial charge in [-0.15, -0.1) is 0 Å². The first-order valence-corrected chi connectivity index (χ1v) is 6.14. The summed E-state index contributed by atoms with van der Waals surface area (Å²) in [5, 5.41) is 7.61. The molecule has 86 valence electrons. The predicted molar refractivity (Wildman–Crippen MR) is 75.7 cm³/mol. The smallest absolute Gasteiger partial charge is 0.187 e. The number of hydrogen-bond donors (Lipinski definition) is 2. The third-order valence-electron chi connectivity index (χ3n) is 1.69. The average Bonchev–Trinajstić information content (AvgIpc) is 2.19. The van der Waals surface area contributed by atoms with Gasteiger partial charge in [-0.3, -0.25) is 5.43 Å². The first-order valence-electron chi connectivity index (χ1n) is 4.93. The summed E-state index contributed by atoms with van der Waals surface area (Å²) in [6.45, 7) is 4.04. The lowest BCUT2D eigenvalue weighted by molar-refractivity contribution is 0.720. The van der Waals surface area contributed by atoms with Gasteiger partial charge in [-0.25, -0.2) is 0 Å². The molecule has 5 heteroatoms. The van der Waals surface area contributed by atoms with Crippen molar-refractivity contribution in [3.63, 3.8) is 0 Å². The second-order valence-corrected chi connectivity index (χ2v) is 4.78. The maximum absolute atomic E-state index is 5.03. The predicted octanol–water partition coefficient (Wildman–Crippen LogP) is 2.66. The van der Waals surface area contributed by atoms with Gasteiger partial charge in [0.1, 0.15) is 0 Å². The van der Waals surface area contributed by atoms with Crippen molar-refractivity contribution in [2.24, 2.45) is 5.10 Å². The molecule has 0 aliphatic heterocycles. The molecule has 1 aromatic rings. The topological polar surface area (TPSA) is 36.4 Å². The summed E-state index contributed by atoms with van der Waals surface area (Å²) in [6, 6.07) is 8.15. The molecule has 0 unspecified atom stereocenters. The number of thiocarbonyl (C=S) groups is 1. The molecule has 0 aliphatic rings. The highest BCUT2D eigenvalue weighted by atomic mass is 79.9. The Morgan fingerprint density at radius 1 is 1.44 bits per heavy atom. The molecule has 0 fully saturated rings. The van der Waals surface area contributed by atoms with Crippen LogP contribution in [0.2, 0.25) is 0 Å². The van der Waals surface area contributed by atoms with E-state index < -0.39 is 0 Å². The molecule has 16 heavy (non-hydrogen) atoms. The van der Waals surface area contributed by atoms with Gasteiger partial charge in [0.15, 0.2) is 5.11 Å². The van der Waals surface area contributed by atoms with Gasteiger partial charge in [-0.05, 0) is 32.1 Å². The highest BCUT2D eigenvalue weighted by Crippen LogP contribution is 2.13. The van der Waals surface area contributed by atoms with Crippen LogP contribution in [0, 0.1) is 0 Å². The van der Waals surface area contributed by atoms with Gasteiger partial charge in [-0.2, -0.15) is 5.10 Å². The van der Waals surface area contributed by atoms with E-state index in [9.17, 15) is 0 Å². The van der Waals surface area contributed by atoms with Crippen LogP contribution in [0.25, 0.3) is 0 Å². The van der Waals surface area contributed by atoms with Crippen LogP contribution in [0.1, 0.15) is 19.4 Å². The fraction of sp³-hybridized carbons (Fsp3) is 0.273. The Labute approximate surface area is 109 Å². The van der Waals surface area contributed by atoms with Crippen molar-refractivity contribution in [1.29, 1.82) is 0 Å². The Bertz CT molecular complexity index is 391. The average molecular weight is 300 g/mol. The van der Waals surface area contributed by atoms with Crippen molar-refractivity contribution in [2.75, 3.05) is 0 Å². The number of nitrogens with one attached hydrogen (secondary N) is 2. The van der Waals surface area contributed by atoms with Gasteiger partial charge in [0.2, 0.25) is 0 Å². The van der Waals surface area contributed by atoms with Crippen LogP contribution < -0.4 is 10.7 Å². The number of benzene rings is 1. The third kappa shape index (κ3) is 4.72. The summed E-state index contributed by atoms with van der Waals surface area (Å²) in [4.78, 5) is 0. The van der Waals surface area contributed by atoms with E-state index in [1.165, 1.54) is 0 Å². The first kappa shape index (κ1) is 13.1. The molecular formula is C11H14BrN3S. The van der Waals surface area contributed by atoms with Gasteiger partial charge in [0.05, 0.1) is 6.21 Å². The van der Waals surface area contributed by atoms with Crippen LogP contribution >= 0.6 is 28.1 Å². The van der Waals surface area contributed by atoms with E-state index >= 15 is 0 Å².